The zero-order valence-electron chi connectivity index (χ0n) is 23.6. The molecule has 9 nitrogen and oxygen atoms in total. The van der Waals surface area contributed by atoms with Gasteiger partial charge in [0, 0.05) is 34.0 Å². The van der Waals surface area contributed by atoms with Crippen LogP contribution in [0.25, 0.3) is 0 Å². The molecule has 0 aliphatic carbocycles. The Balaban J connectivity index is 1.56. The van der Waals surface area contributed by atoms with E-state index in [1.165, 1.54) is 0 Å². The number of amides is 1. The number of sulfone groups is 1. The van der Waals surface area contributed by atoms with Gasteiger partial charge < -0.3 is 19.5 Å². The molecule has 212 valence electrons. The fraction of sp³-hybridized carbons (Fsp3) is 0.607. The van der Waals surface area contributed by atoms with Crippen molar-refractivity contribution in [3.8, 4) is 6.07 Å². The van der Waals surface area contributed by atoms with Crippen LogP contribution in [0.15, 0.2) is 24.4 Å². The van der Waals surface area contributed by atoms with Crippen LogP contribution in [0.3, 0.4) is 0 Å². The van der Waals surface area contributed by atoms with Crippen molar-refractivity contribution in [3.63, 3.8) is 0 Å². The molecule has 0 bridgehead atoms. The highest BCUT2D eigenvalue weighted by atomic mass is 32.2. The zero-order valence-corrected chi connectivity index (χ0v) is 25.4. The van der Waals surface area contributed by atoms with Crippen LogP contribution in [0.4, 0.5) is 11.4 Å². The van der Waals surface area contributed by atoms with Crippen LogP contribution in [0.2, 0.25) is 25.7 Å². The first kappa shape index (κ1) is 29.3. The maximum absolute atomic E-state index is 13.5. The minimum absolute atomic E-state index is 0.138. The number of nitriles is 1. The molecule has 0 radical (unpaired) electrons. The lowest BCUT2D eigenvalue weighted by Gasteiger charge is -2.34. The maximum atomic E-state index is 13.5. The minimum atomic E-state index is -2.94. The van der Waals surface area contributed by atoms with Gasteiger partial charge in [-0.3, -0.25) is 4.79 Å². The summed E-state index contributed by atoms with van der Waals surface area (Å²) in [6.45, 7) is 11.6. The molecule has 2 fully saturated rings. The van der Waals surface area contributed by atoms with E-state index in [0.717, 1.165) is 43.2 Å². The summed E-state index contributed by atoms with van der Waals surface area (Å²) in [6.07, 6.45) is 4.94. The zero-order chi connectivity index (χ0) is 28.2. The van der Waals surface area contributed by atoms with Crippen molar-refractivity contribution in [2.75, 3.05) is 41.4 Å². The third-order valence-corrected chi connectivity index (χ3v) is 11.2. The molecule has 1 aromatic heterocycles. The summed E-state index contributed by atoms with van der Waals surface area (Å²) in [5.41, 5.74) is 2.92. The Kier molecular flexibility index (Phi) is 9.19. The maximum Gasteiger partial charge on any atom is 0.291 e. The first-order valence-electron chi connectivity index (χ1n) is 13.9. The number of aromatic nitrogens is 2. The number of carbonyl (C=O) groups excluding carboxylic acids is 1. The van der Waals surface area contributed by atoms with Gasteiger partial charge in [0.2, 0.25) is 5.82 Å². The summed E-state index contributed by atoms with van der Waals surface area (Å²) < 4.78 is 31.4. The number of hydrogen-bond donors (Lipinski definition) is 1. The van der Waals surface area contributed by atoms with E-state index < -0.39 is 23.8 Å². The molecule has 0 atom stereocenters. The van der Waals surface area contributed by atoms with Crippen molar-refractivity contribution in [1.82, 2.24) is 9.55 Å². The Morgan fingerprint density at radius 3 is 2.51 bits per heavy atom. The van der Waals surface area contributed by atoms with Gasteiger partial charge in [-0.2, -0.15) is 5.26 Å². The number of piperidine rings is 1. The number of nitrogens with one attached hydrogen (secondary N) is 1. The van der Waals surface area contributed by atoms with E-state index in [9.17, 15) is 18.5 Å². The van der Waals surface area contributed by atoms with E-state index in [1.54, 1.807) is 10.8 Å². The minimum Gasteiger partial charge on any atom is -0.370 e. The number of ether oxygens (including phenoxy) is 1. The molecule has 0 spiro atoms. The topological polar surface area (TPSA) is 117 Å². The van der Waals surface area contributed by atoms with Crippen molar-refractivity contribution in [2.24, 2.45) is 5.92 Å². The summed E-state index contributed by atoms with van der Waals surface area (Å²) in [7, 11) is -4.19. The van der Waals surface area contributed by atoms with Crippen molar-refractivity contribution < 1.29 is 17.9 Å². The highest BCUT2D eigenvalue weighted by Gasteiger charge is 2.27. The number of hydrogen-bond acceptors (Lipinski definition) is 7. The molecule has 1 amide bonds. The van der Waals surface area contributed by atoms with Gasteiger partial charge in [0.25, 0.3) is 5.91 Å². The average molecular weight is 572 g/mol. The van der Waals surface area contributed by atoms with Gasteiger partial charge in [0.15, 0.2) is 5.69 Å². The van der Waals surface area contributed by atoms with Crippen molar-refractivity contribution in [1.29, 1.82) is 5.26 Å². The standard InChI is InChI=1S/C28H41N5O4SSi/c1-21-7-11-32(12-8-21)26-17-23(22-9-14-38(35,36)15-10-22)5-6-25(26)31-28(34)27-30-24(18-29)19-33(27)20-37-13-16-39(2,3)4/h5-6,17,19,21-22H,7-16,20H2,1-4H3,(H,31,34). The first-order valence-corrected chi connectivity index (χ1v) is 19.4. The molecule has 0 unspecified atom stereocenters. The second kappa shape index (κ2) is 12.2. The monoisotopic (exact) mass is 571 g/mol. The van der Waals surface area contributed by atoms with Crippen LogP contribution in [0.5, 0.6) is 0 Å². The second-order valence-electron chi connectivity index (χ2n) is 12.2. The van der Waals surface area contributed by atoms with E-state index in [-0.39, 0.29) is 35.7 Å². The predicted molar refractivity (Wildman–Crippen MR) is 157 cm³/mol. The number of imidazole rings is 1. The van der Waals surface area contributed by atoms with Crippen LogP contribution < -0.4 is 10.2 Å². The Labute approximate surface area is 233 Å². The van der Waals surface area contributed by atoms with Crippen molar-refractivity contribution in [2.45, 2.75) is 70.9 Å². The Morgan fingerprint density at radius 1 is 1.18 bits per heavy atom. The highest BCUT2D eigenvalue weighted by Crippen LogP contribution is 2.36. The third kappa shape index (κ3) is 7.93. The number of rotatable bonds is 9. The average Bonchev–Trinajstić information content (AvgIpc) is 3.30. The molecule has 0 saturated carbocycles. The van der Waals surface area contributed by atoms with E-state index in [4.69, 9.17) is 4.74 Å². The number of anilines is 2. The van der Waals surface area contributed by atoms with Gasteiger partial charge >= 0.3 is 0 Å². The fourth-order valence-corrected chi connectivity index (χ4v) is 7.36. The van der Waals surface area contributed by atoms with Crippen molar-refractivity contribution >= 4 is 35.2 Å². The molecular formula is C28H41N5O4SSi. The Hall–Kier alpha value is -2.68. The molecule has 2 aliphatic rings. The third-order valence-electron chi connectivity index (χ3n) is 7.74. The normalized spacial score (nSPS) is 18.6. The molecule has 11 heteroatoms. The van der Waals surface area contributed by atoms with Crippen LogP contribution in [0, 0.1) is 17.2 Å². The SMILES string of the molecule is CC1CCN(c2cc(C3CCS(=O)(=O)CC3)ccc2NC(=O)c2nc(C#N)cn2COCC[Si](C)(C)C)CC1. The molecule has 2 aromatic rings. The lowest BCUT2D eigenvalue weighted by molar-refractivity contribution is 0.0808. The van der Waals surface area contributed by atoms with Gasteiger partial charge in [-0.15, -0.1) is 0 Å². The Morgan fingerprint density at radius 2 is 1.87 bits per heavy atom. The van der Waals surface area contributed by atoms with E-state index in [1.807, 2.05) is 18.2 Å². The summed E-state index contributed by atoms with van der Waals surface area (Å²) >= 11 is 0. The molecule has 2 aliphatic heterocycles. The molecule has 1 aromatic carbocycles. The van der Waals surface area contributed by atoms with E-state index >= 15 is 0 Å². The molecule has 3 heterocycles. The van der Waals surface area contributed by atoms with Crippen LogP contribution >= 0.6 is 0 Å². The summed E-state index contributed by atoms with van der Waals surface area (Å²) in [5, 5.41) is 12.5. The molecule has 39 heavy (non-hydrogen) atoms. The van der Waals surface area contributed by atoms with Gasteiger partial charge in [0.1, 0.15) is 22.6 Å². The quantitative estimate of drug-likeness (QED) is 0.338. The fourth-order valence-electron chi connectivity index (χ4n) is 5.11. The van der Waals surface area contributed by atoms with Gasteiger partial charge in [-0.1, -0.05) is 32.6 Å². The lowest BCUT2D eigenvalue weighted by Crippen LogP contribution is -2.34. The van der Waals surface area contributed by atoms with Crippen molar-refractivity contribution in [3.05, 3.63) is 41.5 Å². The van der Waals surface area contributed by atoms with Gasteiger partial charge in [0.05, 0.1) is 22.9 Å². The predicted octanol–water partition coefficient (Wildman–Crippen LogP) is 4.85. The van der Waals surface area contributed by atoms with Gasteiger partial charge in [-0.25, -0.2) is 13.4 Å². The summed E-state index contributed by atoms with van der Waals surface area (Å²) in [6, 6.07) is 9.08. The molecule has 2 saturated heterocycles. The first-order chi connectivity index (χ1) is 18.4. The Bertz CT molecular complexity index is 1310. The van der Waals surface area contributed by atoms with Crippen LogP contribution in [-0.4, -0.2) is 63.2 Å². The molecule has 1 N–H and O–H groups in total. The summed E-state index contributed by atoms with van der Waals surface area (Å²) in [5.74, 6) is 1.02. The molecular weight excluding hydrogens is 530 g/mol. The van der Waals surface area contributed by atoms with Crippen LogP contribution in [-0.2, 0) is 21.3 Å². The summed E-state index contributed by atoms with van der Waals surface area (Å²) in [4.78, 5) is 20.0. The highest BCUT2D eigenvalue weighted by molar-refractivity contribution is 7.91. The van der Waals surface area contributed by atoms with E-state index in [0.29, 0.717) is 31.1 Å². The van der Waals surface area contributed by atoms with Gasteiger partial charge in [-0.05, 0) is 61.3 Å². The lowest BCUT2D eigenvalue weighted by atomic mass is 9.92. The number of benzene rings is 1. The van der Waals surface area contributed by atoms with E-state index in [2.05, 4.69) is 47.8 Å². The second-order valence-corrected chi connectivity index (χ2v) is 20.1. The number of carbonyl (C=O) groups is 1. The van der Waals surface area contributed by atoms with Crippen LogP contribution in [0.1, 0.15) is 60.4 Å². The number of nitrogens with zero attached hydrogens (tertiary/aromatic N) is 4. The smallest absolute Gasteiger partial charge is 0.291 e. The largest absolute Gasteiger partial charge is 0.370 e. The molecule has 4 rings (SSSR count).